The average Bonchev–Trinajstić information content (AvgIpc) is 2.55. The minimum Gasteiger partial charge on any atom is -0.366 e. The van der Waals surface area contributed by atoms with Gasteiger partial charge in [0.1, 0.15) is 10.8 Å². The van der Waals surface area contributed by atoms with Crippen molar-refractivity contribution in [1.29, 1.82) is 0 Å². The van der Waals surface area contributed by atoms with Crippen molar-refractivity contribution in [3.63, 3.8) is 0 Å². The maximum absolute atomic E-state index is 6.01. The Bertz CT molecular complexity index is 383. The summed E-state index contributed by atoms with van der Waals surface area (Å²) in [4.78, 5) is 7.94. The lowest BCUT2D eigenvalue weighted by Gasteiger charge is -2.20. The fraction of sp³-hybridized carbons (Fsp3) is 0.636. The highest BCUT2D eigenvalue weighted by molar-refractivity contribution is 6.33. The number of nitrogens with one attached hydrogen (secondary N) is 1. The fourth-order valence-electron chi connectivity index (χ4n) is 2.19. The molecule has 3 nitrogen and oxygen atoms in total. The van der Waals surface area contributed by atoms with Gasteiger partial charge < -0.3 is 5.32 Å². The summed E-state index contributed by atoms with van der Waals surface area (Å²) in [5.74, 6) is 2.02. The highest BCUT2D eigenvalue weighted by Gasteiger charge is 2.30. The third-order valence-electron chi connectivity index (χ3n) is 3.50. The van der Waals surface area contributed by atoms with Crippen molar-refractivity contribution in [2.75, 3.05) is 5.32 Å². The van der Waals surface area contributed by atoms with E-state index in [9.17, 15) is 0 Å². The monoisotopic (exact) mass is 259 g/mol. The quantitative estimate of drug-likeness (QED) is 0.825. The summed E-state index contributed by atoms with van der Waals surface area (Å²) >= 11 is 11.8. The fourth-order valence-corrected chi connectivity index (χ4v) is 2.47. The highest BCUT2D eigenvalue weighted by Crippen LogP contribution is 2.34. The molecule has 1 fully saturated rings. The molecule has 3 atom stereocenters. The predicted octanol–water partition coefficient (Wildman–Crippen LogP) is 3.63. The Hall–Kier alpha value is -0.540. The lowest BCUT2D eigenvalue weighted by atomic mass is 9.98. The summed E-state index contributed by atoms with van der Waals surface area (Å²) in [5, 5.41) is 4.11. The number of anilines is 1. The SMILES string of the molecule is CC1CCC(Nc2nc(Cl)ncc2Cl)C1C. The van der Waals surface area contributed by atoms with Crippen LogP contribution in [-0.4, -0.2) is 16.0 Å². The predicted molar refractivity (Wildman–Crippen MR) is 67.0 cm³/mol. The van der Waals surface area contributed by atoms with Gasteiger partial charge in [0.25, 0.3) is 0 Å². The molecule has 0 spiro atoms. The second-order valence-corrected chi connectivity index (χ2v) is 5.25. The first-order valence-electron chi connectivity index (χ1n) is 5.52. The summed E-state index contributed by atoms with van der Waals surface area (Å²) in [6.07, 6.45) is 3.93. The number of aromatic nitrogens is 2. The Morgan fingerprint density at radius 1 is 1.31 bits per heavy atom. The van der Waals surface area contributed by atoms with Gasteiger partial charge in [-0.25, -0.2) is 4.98 Å². The van der Waals surface area contributed by atoms with Gasteiger partial charge in [0.15, 0.2) is 0 Å². The van der Waals surface area contributed by atoms with E-state index in [0.29, 0.717) is 22.8 Å². The summed E-state index contributed by atoms with van der Waals surface area (Å²) in [7, 11) is 0. The number of rotatable bonds is 2. The molecule has 88 valence electrons. The Kier molecular flexibility index (Phi) is 3.55. The Morgan fingerprint density at radius 3 is 2.69 bits per heavy atom. The Labute approximate surface area is 106 Å². The van der Waals surface area contributed by atoms with Crippen molar-refractivity contribution < 1.29 is 0 Å². The van der Waals surface area contributed by atoms with Gasteiger partial charge in [-0.1, -0.05) is 25.4 Å². The molecule has 1 heterocycles. The van der Waals surface area contributed by atoms with Crippen LogP contribution in [-0.2, 0) is 0 Å². The number of nitrogens with zero attached hydrogens (tertiary/aromatic N) is 2. The van der Waals surface area contributed by atoms with Crippen molar-refractivity contribution in [3.05, 3.63) is 16.5 Å². The Morgan fingerprint density at radius 2 is 2.06 bits per heavy atom. The first-order chi connectivity index (χ1) is 7.58. The van der Waals surface area contributed by atoms with E-state index in [0.717, 1.165) is 12.3 Å². The van der Waals surface area contributed by atoms with Crippen LogP contribution in [0.1, 0.15) is 26.7 Å². The summed E-state index contributed by atoms with van der Waals surface area (Å²) in [6, 6.07) is 0.429. The van der Waals surface area contributed by atoms with E-state index >= 15 is 0 Å². The van der Waals surface area contributed by atoms with Crippen LogP contribution in [0.4, 0.5) is 5.82 Å². The molecular formula is C11H15Cl2N3. The summed E-state index contributed by atoms with van der Waals surface area (Å²) < 4.78 is 0. The van der Waals surface area contributed by atoms with Gasteiger partial charge in [-0.05, 0) is 36.3 Å². The second-order valence-electron chi connectivity index (χ2n) is 4.50. The molecule has 1 saturated carbocycles. The van der Waals surface area contributed by atoms with Crippen molar-refractivity contribution in [1.82, 2.24) is 9.97 Å². The Balaban J connectivity index is 2.12. The largest absolute Gasteiger partial charge is 0.366 e. The molecule has 0 amide bonds. The van der Waals surface area contributed by atoms with E-state index in [1.165, 1.54) is 12.6 Å². The van der Waals surface area contributed by atoms with E-state index in [4.69, 9.17) is 23.2 Å². The molecule has 1 N–H and O–H groups in total. The van der Waals surface area contributed by atoms with E-state index < -0.39 is 0 Å². The van der Waals surface area contributed by atoms with Crippen LogP contribution >= 0.6 is 23.2 Å². The van der Waals surface area contributed by atoms with E-state index in [1.807, 2.05) is 0 Å². The zero-order valence-corrected chi connectivity index (χ0v) is 10.9. The molecule has 0 aliphatic heterocycles. The molecule has 0 radical (unpaired) electrons. The van der Waals surface area contributed by atoms with E-state index in [2.05, 4.69) is 29.1 Å². The van der Waals surface area contributed by atoms with E-state index in [-0.39, 0.29) is 5.28 Å². The molecule has 0 aromatic carbocycles. The maximum Gasteiger partial charge on any atom is 0.224 e. The van der Waals surface area contributed by atoms with Crippen LogP contribution in [0.5, 0.6) is 0 Å². The third-order valence-corrected chi connectivity index (χ3v) is 3.96. The number of hydrogen-bond donors (Lipinski definition) is 1. The average molecular weight is 260 g/mol. The lowest BCUT2D eigenvalue weighted by Crippen LogP contribution is -2.24. The van der Waals surface area contributed by atoms with Gasteiger partial charge in [-0.2, -0.15) is 4.98 Å². The van der Waals surface area contributed by atoms with Crippen LogP contribution in [0.25, 0.3) is 0 Å². The topological polar surface area (TPSA) is 37.8 Å². The summed E-state index contributed by atoms with van der Waals surface area (Å²) in [5.41, 5.74) is 0. The van der Waals surface area contributed by atoms with Crippen LogP contribution in [0.2, 0.25) is 10.3 Å². The minimum absolute atomic E-state index is 0.227. The first kappa shape index (κ1) is 11.9. The lowest BCUT2D eigenvalue weighted by molar-refractivity contribution is 0.435. The maximum atomic E-state index is 6.01. The molecule has 0 saturated heterocycles. The normalized spacial score (nSPS) is 29.4. The van der Waals surface area contributed by atoms with Gasteiger partial charge in [0, 0.05) is 6.04 Å². The van der Waals surface area contributed by atoms with Gasteiger partial charge in [-0.3, -0.25) is 0 Å². The zero-order chi connectivity index (χ0) is 11.7. The molecule has 1 aliphatic rings. The number of hydrogen-bond acceptors (Lipinski definition) is 3. The van der Waals surface area contributed by atoms with E-state index in [1.54, 1.807) is 0 Å². The van der Waals surface area contributed by atoms with Gasteiger partial charge in [0.2, 0.25) is 5.28 Å². The number of halogens is 2. The molecule has 1 aliphatic carbocycles. The first-order valence-corrected chi connectivity index (χ1v) is 6.28. The summed E-state index contributed by atoms with van der Waals surface area (Å²) in [6.45, 7) is 4.53. The van der Waals surface area contributed by atoms with Crippen molar-refractivity contribution in [2.24, 2.45) is 11.8 Å². The molecule has 1 aromatic rings. The highest BCUT2D eigenvalue weighted by atomic mass is 35.5. The van der Waals surface area contributed by atoms with Crippen LogP contribution in [0.3, 0.4) is 0 Å². The zero-order valence-electron chi connectivity index (χ0n) is 9.37. The molecular weight excluding hydrogens is 245 g/mol. The third kappa shape index (κ3) is 2.41. The minimum atomic E-state index is 0.227. The standard InChI is InChI=1S/C11H15Cl2N3/c1-6-3-4-9(7(6)2)15-10-8(12)5-14-11(13)16-10/h5-7,9H,3-4H2,1-2H3,(H,14,15,16). The second kappa shape index (κ2) is 4.76. The molecule has 16 heavy (non-hydrogen) atoms. The smallest absolute Gasteiger partial charge is 0.224 e. The van der Waals surface area contributed by atoms with Crippen LogP contribution in [0, 0.1) is 11.8 Å². The molecule has 1 aromatic heterocycles. The van der Waals surface area contributed by atoms with Crippen LogP contribution in [0.15, 0.2) is 6.20 Å². The van der Waals surface area contributed by atoms with Crippen molar-refractivity contribution in [3.8, 4) is 0 Å². The molecule has 3 unspecified atom stereocenters. The van der Waals surface area contributed by atoms with Crippen molar-refractivity contribution in [2.45, 2.75) is 32.7 Å². The van der Waals surface area contributed by atoms with Gasteiger partial charge in [-0.15, -0.1) is 0 Å². The molecule has 2 rings (SSSR count). The molecule has 5 heteroatoms. The van der Waals surface area contributed by atoms with Gasteiger partial charge >= 0.3 is 0 Å². The van der Waals surface area contributed by atoms with Gasteiger partial charge in [0.05, 0.1) is 6.20 Å². The van der Waals surface area contributed by atoms with Crippen molar-refractivity contribution >= 4 is 29.0 Å². The van der Waals surface area contributed by atoms with Crippen LogP contribution < -0.4 is 5.32 Å². The molecule has 0 bridgehead atoms.